The van der Waals surface area contributed by atoms with E-state index in [0.29, 0.717) is 0 Å². The SMILES string of the molecule is CCc1ccc([C@@H](O)[C@H](C)N(C(=O)O)C(C)(C)C)cc1. The van der Waals surface area contributed by atoms with Gasteiger partial charge >= 0.3 is 6.09 Å². The zero-order valence-corrected chi connectivity index (χ0v) is 12.9. The first kappa shape index (κ1) is 16.5. The van der Waals surface area contributed by atoms with Gasteiger partial charge in [-0.1, -0.05) is 31.2 Å². The summed E-state index contributed by atoms with van der Waals surface area (Å²) in [7, 11) is 0. The maximum Gasteiger partial charge on any atom is 0.408 e. The number of aliphatic hydroxyl groups is 1. The van der Waals surface area contributed by atoms with E-state index in [1.165, 1.54) is 10.5 Å². The van der Waals surface area contributed by atoms with Crippen molar-refractivity contribution >= 4 is 6.09 Å². The van der Waals surface area contributed by atoms with Crippen molar-refractivity contribution in [2.24, 2.45) is 0 Å². The Morgan fingerprint density at radius 2 is 1.75 bits per heavy atom. The number of benzene rings is 1. The van der Waals surface area contributed by atoms with Gasteiger partial charge in [0, 0.05) is 5.54 Å². The molecule has 1 aromatic carbocycles. The number of carbonyl (C=O) groups is 1. The zero-order valence-electron chi connectivity index (χ0n) is 12.9. The summed E-state index contributed by atoms with van der Waals surface area (Å²) in [5.41, 5.74) is 1.37. The molecule has 0 heterocycles. The van der Waals surface area contributed by atoms with Crippen molar-refractivity contribution in [3.05, 3.63) is 35.4 Å². The van der Waals surface area contributed by atoms with Gasteiger partial charge in [-0.15, -0.1) is 0 Å². The van der Waals surface area contributed by atoms with Crippen molar-refractivity contribution in [3.8, 4) is 0 Å². The summed E-state index contributed by atoms with van der Waals surface area (Å²) in [5.74, 6) is 0. The van der Waals surface area contributed by atoms with Crippen LogP contribution in [0.25, 0.3) is 0 Å². The molecule has 0 aliphatic carbocycles. The molecule has 20 heavy (non-hydrogen) atoms. The van der Waals surface area contributed by atoms with Gasteiger partial charge in [-0.3, -0.25) is 4.90 Å². The third-order valence-corrected chi connectivity index (χ3v) is 3.52. The van der Waals surface area contributed by atoms with E-state index >= 15 is 0 Å². The summed E-state index contributed by atoms with van der Waals surface area (Å²) < 4.78 is 0. The molecule has 2 atom stereocenters. The molecule has 0 unspecified atom stereocenters. The van der Waals surface area contributed by atoms with E-state index in [9.17, 15) is 15.0 Å². The van der Waals surface area contributed by atoms with Crippen LogP contribution in [0.3, 0.4) is 0 Å². The van der Waals surface area contributed by atoms with Gasteiger partial charge in [-0.25, -0.2) is 4.79 Å². The lowest BCUT2D eigenvalue weighted by Gasteiger charge is -2.40. The predicted octanol–water partition coefficient (Wildman–Crippen LogP) is 3.45. The van der Waals surface area contributed by atoms with E-state index in [1.807, 2.05) is 45.0 Å². The van der Waals surface area contributed by atoms with E-state index < -0.39 is 23.8 Å². The van der Waals surface area contributed by atoms with Crippen molar-refractivity contribution in [2.75, 3.05) is 0 Å². The van der Waals surface area contributed by atoms with Crippen LogP contribution in [0.1, 0.15) is 51.8 Å². The minimum atomic E-state index is -1.02. The first-order chi connectivity index (χ1) is 9.18. The number of hydrogen-bond acceptors (Lipinski definition) is 2. The number of nitrogens with zero attached hydrogens (tertiary/aromatic N) is 1. The van der Waals surface area contributed by atoms with Gasteiger partial charge in [-0.05, 0) is 45.2 Å². The fourth-order valence-corrected chi connectivity index (χ4v) is 2.44. The lowest BCUT2D eigenvalue weighted by Crippen LogP contribution is -2.52. The van der Waals surface area contributed by atoms with E-state index in [1.54, 1.807) is 6.92 Å². The lowest BCUT2D eigenvalue weighted by molar-refractivity contribution is 0.0141. The molecule has 0 spiro atoms. The summed E-state index contributed by atoms with van der Waals surface area (Å²) in [6.07, 6.45) is -0.916. The van der Waals surface area contributed by atoms with Gasteiger partial charge < -0.3 is 10.2 Å². The van der Waals surface area contributed by atoms with Gasteiger partial charge in [0.15, 0.2) is 0 Å². The van der Waals surface area contributed by atoms with Crippen molar-refractivity contribution < 1.29 is 15.0 Å². The molecule has 2 N–H and O–H groups in total. The maximum atomic E-state index is 11.4. The highest BCUT2D eigenvalue weighted by molar-refractivity contribution is 5.66. The number of aliphatic hydroxyl groups excluding tert-OH is 1. The monoisotopic (exact) mass is 279 g/mol. The predicted molar refractivity (Wildman–Crippen MR) is 79.9 cm³/mol. The highest BCUT2D eigenvalue weighted by Gasteiger charge is 2.34. The average molecular weight is 279 g/mol. The Bertz CT molecular complexity index is 448. The zero-order chi connectivity index (χ0) is 15.5. The van der Waals surface area contributed by atoms with E-state index in [4.69, 9.17) is 0 Å². The Balaban J connectivity index is 2.98. The Labute approximate surface area is 121 Å². The summed E-state index contributed by atoms with van der Waals surface area (Å²) in [5, 5.41) is 19.8. The van der Waals surface area contributed by atoms with Gasteiger partial charge in [0.05, 0.1) is 12.1 Å². The molecule has 0 saturated carbocycles. The molecule has 0 aromatic heterocycles. The summed E-state index contributed by atoms with van der Waals surface area (Å²) in [6, 6.07) is 7.15. The molecular weight excluding hydrogens is 254 g/mol. The maximum absolute atomic E-state index is 11.4. The highest BCUT2D eigenvalue weighted by atomic mass is 16.4. The smallest absolute Gasteiger partial charge is 0.408 e. The van der Waals surface area contributed by atoms with E-state index in [2.05, 4.69) is 6.92 Å². The van der Waals surface area contributed by atoms with Crippen LogP contribution >= 0.6 is 0 Å². The Morgan fingerprint density at radius 3 is 2.10 bits per heavy atom. The van der Waals surface area contributed by atoms with Crippen LogP contribution < -0.4 is 0 Å². The average Bonchev–Trinajstić information content (AvgIpc) is 2.35. The Hall–Kier alpha value is -1.55. The number of carboxylic acid groups (broad SMARTS) is 1. The number of aryl methyl sites for hydroxylation is 1. The van der Waals surface area contributed by atoms with Crippen molar-refractivity contribution in [1.29, 1.82) is 0 Å². The van der Waals surface area contributed by atoms with Crippen molar-refractivity contribution in [3.63, 3.8) is 0 Å². The second kappa shape index (κ2) is 6.27. The largest absolute Gasteiger partial charge is 0.465 e. The van der Waals surface area contributed by atoms with Crippen LogP contribution in [0, 0.1) is 0 Å². The highest BCUT2D eigenvalue weighted by Crippen LogP contribution is 2.27. The van der Waals surface area contributed by atoms with Gasteiger partial charge in [0.2, 0.25) is 0 Å². The van der Waals surface area contributed by atoms with Gasteiger partial charge in [0.1, 0.15) is 0 Å². The molecule has 0 fully saturated rings. The minimum Gasteiger partial charge on any atom is -0.465 e. The number of hydrogen-bond donors (Lipinski definition) is 2. The Morgan fingerprint density at radius 1 is 1.25 bits per heavy atom. The third-order valence-electron chi connectivity index (χ3n) is 3.52. The van der Waals surface area contributed by atoms with Gasteiger partial charge in [-0.2, -0.15) is 0 Å². The van der Waals surface area contributed by atoms with Crippen molar-refractivity contribution in [2.45, 2.75) is 58.7 Å². The molecule has 0 aliphatic heterocycles. The van der Waals surface area contributed by atoms with Crippen molar-refractivity contribution in [1.82, 2.24) is 4.90 Å². The topological polar surface area (TPSA) is 60.8 Å². The normalized spacial score (nSPS) is 14.7. The molecule has 0 radical (unpaired) electrons. The molecule has 4 heteroatoms. The van der Waals surface area contributed by atoms with E-state index in [0.717, 1.165) is 12.0 Å². The molecular formula is C16H25NO3. The number of amides is 1. The molecule has 1 aromatic rings. The molecule has 1 amide bonds. The summed E-state index contributed by atoms with van der Waals surface area (Å²) in [6.45, 7) is 9.27. The quantitative estimate of drug-likeness (QED) is 0.887. The van der Waals surface area contributed by atoms with Crippen LogP contribution in [-0.4, -0.2) is 32.8 Å². The first-order valence-corrected chi connectivity index (χ1v) is 6.97. The van der Waals surface area contributed by atoms with Crippen LogP contribution in [0.15, 0.2) is 24.3 Å². The summed E-state index contributed by atoms with van der Waals surface area (Å²) >= 11 is 0. The number of rotatable bonds is 4. The van der Waals surface area contributed by atoms with Gasteiger partial charge in [0.25, 0.3) is 0 Å². The van der Waals surface area contributed by atoms with Crippen LogP contribution in [0.5, 0.6) is 0 Å². The second-order valence-corrected chi connectivity index (χ2v) is 6.10. The second-order valence-electron chi connectivity index (χ2n) is 6.10. The fourth-order valence-electron chi connectivity index (χ4n) is 2.44. The minimum absolute atomic E-state index is 0.514. The van der Waals surface area contributed by atoms with E-state index in [-0.39, 0.29) is 0 Å². The fraction of sp³-hybridized carbons (Fsp3) is 0.562. The standard InChI is InChI=1S/C16H25NO3/c1-6-12-7-9-13(10-8-12)14(18)11(2)17(15(19)20)16(3,4)5/h7-11,14,18H,6H2,1-5H3,(H,19,20)/t11-,14-/m0/s1. The lowest BCUT2D eigenvalue weighted by atomic mass is 9.96. The molecule has 0 aliphatic rings. The first-order valence-electron chi connectivity index (χ1n) is 6.97. The molecule has 0 bridgehead atoms. The molecule has 4 nitrogen and oxygen atoms in total. The molecule has 1 rings (SSSR count). The third kappa shape index (κ3) is 3.73. The molecule has 0 saturated heterocycles. The summed E-state index contributed by atoms with van der Waals surface area (Å²) in [4.78, 5) is 12.7. The van der Waals surface area contributed by atoms with Crippen LogP contribution in [0.2, 0.25) is 0 Å². The van der Waals surface area contributed by atoms with Crippen LogP contribution in [0.4, 0.5) is 4.79 Å². The van der Waals surface area contributed by atoms with Crippen LogP contribution in [-0.2, 0) is 6.42 Å². The molecule has 112 valence electrons. The Kier molecular flexibility index (Phi) is 5.17.